The molecule has 0 saturated carbocycles. The largest absolute Gasteiger partial charge is 0.347 e. The molecule has 0 bridgehead atoms. The maximum Gasteiger partial charge on any atom is 0.123 e. The summed E-state index contributed by atoms with van der Waals surface area (Å²) in [6.45, 7) is 2.17. The Morgan fingerprint density at radius 2 is 2.06 bits per heavy atom. The maximum absolute atomic E-state index is 6.08. The molecule has 0 aliphatic carbocycles. The van der Waals surface area contributed by atoms with Gasteiger partial charge in [0.05, 0.1) is 11.7 Å². The van der Waals surface area contributed by atoms with Crippen LogP contribution in [0.3, 0.4) is 0 Å². The second-order valence-corrected chi connectivity index (χ2v) is 4.29. The Bertz CT molecular complexity index is 448. The Morgan fingerprint density at radius 1 is 1.29 bits per heavy atom. The Balaban J connectivity index is 2.11. The molecule has 17 heavy (non-hydrogen) atoms. The van der Waals surface area contributed by atoms with Crippen LogP contribution in [0, 0.1) is 0 Å². The van der Waals surface area contributed by atoms with E-state index in [-0.39, 0.29) is 6.04 Å². The van der Waals surface area contributed by atoms with Gasteiger partial charge in [0.2, 0.25) is 0 Å². The molecule has 0 fully saturated rings. The van der Waals surface area contributed by atoms with E-state index < -0.39 is 0 Å². The molecule has 0 saturated heterocycles. The predicted molar refractivity (Wildman–Crippen MR) is 70.5 cm³/mol. The van der Waals surface area contributed by atoms with Crippen molar-refractivity contribution in [2.45, 2.75) is 32.2 Å². The lowest BCUT2D eigenvalue weighted by atomic mass is 10.1. The number of unbranched alkanes of at least 4 members (excludes halogenated alkanes) is 1. The van der Waals surface area contributed by atoms with Crippen molar-refractivity contribution in [1.29, 1.82) is 0 Å². The average Bonchev–Trinajstić information content (AvgIpc) is 2.86. The number of hydrogen-bond acceptors (Lipinski definition) is 2. The number of H-pyrrole nitrogens is 1. The molecular weight excluding hydrogens is 210 g/mol. The van der Waals surface area contributed by atoms with Crippen molar-refractivity contribution in [3.63, 3.8) is 0 Å². The number of aromatic nitrogens is 2. The number of nitrogens with zero attached hydrogens (tertiary/aromatic N) is 1. The van der Waals surface area contributed by atoms with Gasteiger partial charge in [-0.25, -0.2) is 4.98 Å². The molecule has 2 aromatic rings. The van der Waals surface area contributed by atoms with Gasteiger partial charge in [0.25, 0.3) is 0 Å². The zero-order valence-electron chi connectivity index (χ0n) is 10.2. The molecule has 2 rings (SSSR count). The van der Waals surface area contributed by atoms with Crippen LogP contribution in [0.2, 0.25) is 0 Å². The van der Waals surface area contributed by atoms with Gasteiger partial charge in [-0.3, -0.25) is 0 Å². The average molecular weight is 229 g/mol. The first-order valence-electron chi connectivity index (χ1n) is 6.17. The van der Waals surface area contributed by atoms with Gasteiger partial charge in [0.1, 0.15) is 5.82 Å². The van der Waals surface area contributed by atoms with Crippen LogP contribution in [0.25, 0.3) is 11.3 Å². The first-order chi connectivity index (χ1) is 8.31. The summed E-state index contributed by atoms with van der Waals surface area (Å²) in [5, 5.41) is 0. The van der Waals surface area contributed by atoms with Gasteiger partial charge in [0.15, 0.2) is 0 Å². The molecule has 1 aromatic heterocycles. The molecule has 90 valence electrons. The van der Waals surface area contributed by atoms with Crippen LogP contribution in [-0.2, 0) is 0 Å². The third-order valence-electron chi connectivity index (χ3n) is 2.89. The van der Waals surface area contributed by atoms with Crippen molar-refractivity contribution in [2.75, 3.05) is 0 Å². The molecule has 3 heteroatoms. The summed E-state index contributed by atoms with van der Waals surface area (Å²) in [6, 6.07) is 10.2. The van der Waals surface area contributed by atoms with E-state index in [1.807, 2.05) is 24.4 Å². The van der Waals surface area contributed by atoms with Crippen LogP contribution in [0.5, 0.6) is 0 Å². The van der Waals surface area contributed by atoms with Gasteiger partial charge in [-0.05, 0) is 6.42 Å². The molecule has 0 unspecified atom stereocenters. The van der Waals surface area contributed by atoms with E-state index in [0.717, 1.165) is 29.9 Å². The molecule has 0 aliphatic rings. The summed E-state index contributed by atoms with van der Waals surface area (Å²) in [4.78, 5) is 7.73. The van der Waals surface area contributed by atoms with E-state index in [2.05, 4.69) is 29.0 Å². The number of nitrogens with one attached hydrogen (secondary N) is 1. The fourth-order valence-electron chi connectivity index (χ4n) is 1.84. The first-order valence-corrected chi connectivity index (χ1v) is 6.17. The fourth-order valence-corrected chi connectivity index (χ4v) is 1.84. The molecule has 1 atom stereocenters. The van der Waals surface area contributed by atoms with Gasteiger partial charge in [-0.2, -0.15) is 0 Å². The smallest absolute Gasteiger partial charge is 0.123 e. The van der Waals surface area contributed by atoms with Gasteiger partial charge in [-0.15, -0.1) is 0 Å². The predicted octanol–water partition coefficient (Wildman–Crippen LogP) is 3.27. The monoisotopic (exact) mass is 229 g/mol. The van der Waals surface area contributed by atoms with Gasteiger partial charge >= 0.3 is 0 Å². The normalized spacial score (nSPS) is 12.6. The van der Waals surface area contributed by atoms with Gasteiger partial charge in [0, 0.05) is 11.8 Å². The molecule has 3 nitrogen and oxygen atoms in total. The molecule has 3 N–H and O–H groups in total. The number of aromatic amines is 1. The number of rotatable bonds is 5. The molecule has 1 heterocycles. The highest BCUT2D eigenvalue weighted by atomic mass is 15.0. The zero-order valence-corrected chi connectivity index (χ0v) is 10.2. The van der Waals surface area contributed by atoms with Gasteiger partial charge in [-0.1, -0.05) is 50.1 Å². The van der Waals surface area contributed by atoms with Crippen LogP contribution in [-0.4, -0.2) is 9.97 Å². The van der Waals surface area contributed by atoms with Crippen LogP contribution in [0.15, 0.2) is 36.5 Å². The lowest BCUT2D eigenvalue weighted by Gasteiger charge is -2.06. The zero-order chi connectivity index (χ0) is 12.1. The summed E-state index contributed by atoms with van der Waals surface area (Å²) in [7, 11) is 0. The van der Waals surface area contributed by atoms with Crippen molar-refractivity contribution in [3.05, 3.63) is 42.4 Å². The summed E-state index contributed by atoms with van der Waals surface area (Å²) < 4.78 is 0. The summed E-state index contributed by atoms with van der Waals surface area (Å²) in [5.41, 5.74) is 8.17. The lowest BCUT2D eigenvalue weighted by Crippen LogP contribution is -2.11. The van der Waals surface area contributed by atoms with E-state index >= 15 is 0 Å². The topological polar surface area (TPSA) is 54.7 Å². The summed E-state index contributed by atoms with van der Waals surface area (Å²) >= 11 is 0. The molecule has 0 amide bonds. The quantitative estimate of drug-likeness (QED) is 0.826. The van der Waals surface area contributed by atoms with Crippen LogP contribution >= 0.6 is 0 Å². The minimum atomic E-state index is 0.0208. The number of nitrogens with two attached hydrogens (primary N) is 1. The van der Waals surface area contributed by atoms with Crippen LogP contribution < -0.4 is 5.73 Å². The van der Waals surface area contributed by atoms with Crippen molar-refractivity contribution >= 4 is 0 Å². The van der Waals surface area contributed by atoms with Crippen LogP contribution in [0.1, 0.15) is 38.1 Å². The minimum absolute atomic E-state index is 0.0208. The van der Waals surface area contributed by atoms with E-state index in [4.69, 9.17) is 5.73 Å². The second-order valence-electron chi connectivity index (χ2n) is 4.29. The lowest BCUT2D eigenvalue weighted by molar-refractivity contribution is 0.580. The van der Waals surface area contributed by atoms with E-state index in [1.165, 1.54) is 6.42 Å². The minimum Gasteiger partial charge on any atom is -0.347 e. The number of imidazole rings is 1. The Hall–Kier alpha value is -1.61. The third kappa shape index (κ3) is 2.94. The SMILES string of the molecule is CCCC[C@@H](N)c1nc(-c2ccccc2)c[nH]1. The molecule has 0 aliphatic heterocycles. The van der Waals surface area contributed by atoms with Crippen molar-refractivity contribution < 1.29 is 0 Å². The molecule has 0 spiro atoms. The Morgan fingerprint density at radius 3 is 2.76 bits per heavy atom. The van der Waals surface area contributed by atoms with E-state index in [9.17, 15) is 0 Å². The first kappa shape index (κ1) is 11.9. The highest BCUT2D eigenvalue weighted by molar-refractivity contribution is 5.58. The molecular formula is C14H19N3. The molecule has 0 radical (unpaired) electrons. The Labute approximate surface area is 102 Å². The van der Waals surface area contributed by atoms with Crippen molar-refractivity contribution in [2.24, 2.45) is 5.73 Å². The second kappa shape index (κ2) is 5.64. The van der Waals surface area contributed by atoms with E-state index in [1.54, 1.807) is 0 Å². The van der Waals surface area contributed by atoms with Gasteiger partial charge < -0.3 is 10.7 Å². The van der Waals surface area contributed by atoms with Crippen LogP contribution in [0.4, 0.5) is 0 Å². The number of hydrogen-bond donors (Lipinski definition) is 2. The van der Waals surface area contributed by atoms with Crippen molar-refractivity contribution in [3.8, 4) is 11.3 Å². The molecule has 1 aromatic carbocycles. The fraction of sp³-hybridized carbons (Fsp3) is 0.357. The number of benzene rings is 1. The highest BCUT2D eigenvalue weighted by Crippen LogP contribution is 2.20. The maximum atomic E-state index is 6.08. The third-order valence-corrected chi connectivity index (χ3v) is 2.89. The summed E-state index contributed by atoms with van der Waals surface area (Å²) in [5.74, 6) is 0.886. The summed E-state index contributed by atoms with van der Waals surface area (Å²) in [6.07, 6.45) is 5.22. The highest BCUT2D eigenvalue weighted by Gasteiger charge is 2.10. The van der Waals surface area contributed by atoms with Crippen molar-refractivity contribution in [1.82, 2.24) is 9.97 Å². The Kier molecular flexibility index (Phi) is 3.94. The standard InChI is InChI=1S/C14H19N3/c1-2-3-9-12(15)14-16-10-13(17-14)11-7-5-4-6-8-11/h4-8,10,12H,2-3,9,15H2,1H3,(H,16,17)/t12-/m1/s1. The van der Waals surface area contributed by atoms with E-state index in [0.29, 0.717) is 0 Å².